The van der Waals surface area contributed by atoms with E-state index in [-0.39, 0.29) is 11.2 Å². The summed E-state index contributed by atoms with van der Waals surface area (Å²) >= 11 is 1.73. The van der Waals surface area contributed by atoms with Gasteiger partial charge in [0.2, 0.25) is 5.91 Å². The van der Waals surface area contributed by atoms with Crippen LogP contribution in [0.3, 0.4) is 0 Å². The van der Waals surface area contributed by atoms with Crippen LogP contribution in [0.5, 0.6) is 0 Å². The Balaban J connectivity index is 3.88. The van der Waals surface area contributed by atoms with Crippen LogP contribution in [-0.2, 0) is 4.79 Å². The van der Waals surface area contributed by atoms with Crippen LogP contribution >= 0.6 is 11.8 Å². The molecule has 0 aliphatic heterocycles. The molecule has 1 atom stereocenters. The summed E-state index contributed by atoms with van der Waals surface area (Å²) in [4.78, 5) is 13.1. The molecule has 0 bridgehead atoms. The molecule has 0 saturated carbocycles. The molecule has 0 N–H and O–H groups in total. The van der Waals surface area contributed by atoms with E-state index in [1.54, 1.807) is 30.8 Å². The highest BCUT2D eigenvalue weighted by atomic mass is 32.2. The molecule has 0 fully saturated rings. The third-order valence-corrected chi connectivity index (χ3v) is 3.29. The van der Waals surface area contributed by atoms with Crippen LogP contribution in [0.1, 0.15) is 27.7 Å². The van der Waals surface area contributed by atoms with Gasteiger partial charge in [0.25, 0.3) is 0 Å². The summed E-state index contributed by atoms with van der Waals surface area (Å²) in [6.07, 6.45) is 0. The fourth-order valence-corrected chi connectivity index (χ4v) is 1.91. The number of rotatable bonds is 3. The van der Waals surface area contributed by atoms with E-state index in [1.807, 2.05) is 6.92 Å². The minimum atomic E-state index is 0.0780. The Hall–Kier alpha value is -0.180. The van der Waals surface area contributed by atoms with Gasteiger partial charge in [-0.25, -0.2) is 0 Å². The molecule has 0 aromatic heterocycles. The Morgan fingerprint density at radius 3 is 2.15 bits per heavy atom. The SMILES string of the molecule is C[C@H](SCC(C)(C)C)C(=O)N(C)C. The minimum absolute atomic E-state index is 0.0780. The lowest BCUT2D eigenvalue weighted by Crippen LogP contribution is -2.30. The summed E-state index contributed by atoms with van der Waals surface area (Å²) in [7, 11) is 3.60. The van der Waals surface area contributed by atoms with Crippen molar-refractivity contribution in [1.29, 1.82) is 0 Å². The van der Waals surface area contributed by atoms with Crippen LogP contribution in [0, 0.1) is 5.41 Å². The molecule has 0 aromatic carbocycles. The van der Waals surface area contributed by atoms with Crippen molar-refractivity contribution in [3.63, 3.8) is 0 Å². The van der Waals surface area contributed by atoms with Crippen LogP contribution in [0.15, 0.2) is 0 Å². The lowest BCUT2D eigenvalue weighted by Gasteiger charge is -2.21. The number of hydrogen-bond acceptors (Lipinski definition) is 2. The molecular weight excluding hydrogens is 182 g/mol. The van der Waals surface area contributed by atoms with Crippen molar-refractivity contribution in [2.75, 3.05) is 19.8 Å². The molecule has 0 aliphatic rings. The quantitative estimate of drug-likeness (QED) is 0.701. The molecule has 0 aliphatic carbocycles. The second kappa shape index (κ2) is 4.89. The number of amides is 1. The van der Waals surface area contributed by atoms with Crippen molar-refractivity contribution in [3.8, 4) is 0 Å². The standard InChI is InChI=1S/C10H21NOS/c1-8(9(12)11(5)6)13-7-10(2,3)4/h8H,7H2,1-6H3/t8-/m0/s1. The molecule has 2 nitrogen and oxygen atoms in total. The van der Waals surface area contributed by atoms with Crippen molar-refractivity contribution in [3.05, 3.63) is 0 Å². The fourth-order valence-electron chi connectivity index (χ4n) is 0.810. The normalized spacial score (nSPS) is 14.0. The van der Waals surface area contributed by atoms with Crippen molar-refractivity contribution in [1.82, 2.24) is 4.90 Å². The molecule has 3 heteroatoms. The summed E-state index contributed by atoms with van der Waals surface area (Å²) in [6.45, 7) is 8.53. The van der Waals surface area contributed by atoms with E-state index in [4.69, 9.17) is 0 Å². The zero-order chi connectivity index (χ0) is 10.6. The van der Waals surface area contributed by atoms with Gasteiger partial charge in [-0.3, -0.25) is 4.79 Å². The predicted molar refractivity (Wildman–Crippen MR) is 60.1 cm³/mol. The number of carbonyl (C=O) groups is 1. The Morgan fingerprint density at radius 2 is 1.85 bits per heavy atom. The third kappa shape index (κ3) is 5.97. The van der Waals surface area contributed by atoms with Crippen LogP contribution in [-0.4, -0.2) is 35.9 Å². The summed E-state index contributed by atoms with van der Waals surface area (Å²) in [5, 5.41) is 0.0780. The Labute approximate surface area is 86.1 Å². The molecule has 13 heavy (non-hydrogen) atoms. The second-order valence-electron chi connectivity index (χ2n) is 4.75. The number of nitrogens with zero attached hydrogens (tertiary/aromatic N) is 1. The van der Waals surface area contributed by atoms with E-state index >= 15 is 0 Å². The first kappa shape index (κ1) is 12.8. The van der Waals surface area contributed by atoms with E-state index in [2.05, 4.69) is 20.8 Å². The number of thioether (sulfide) groups is 1. The molecule has 0 heterocycles. The molecule has 0 radical (unpaired) electrons. The van der Waals surface area contributed by atoms with Gasteiger partial charge in [0.1, 0.15) is 0 Å². The number of carbonyl (C=O) groups excluding carboxylic acids is 1. The molecular formula is C10H21NOS. The predicted octanol–water partition coefficient (Wildman–Crippen LogP) is 2.24. The zero-order valence-corrected chi connectivity index (χ0v) is 10.4. The van der Waals surface area contributed by atoms with Crippen molar-refractivity contribution >= 4 is 17.7 Å². The highest BCUT2D eigenvalue weighted by Crippen LogP contribution is 2.24. The first-order chi connectivity index (χ1) is 5.74. The highest BCUT2D eigenvalue weighted by molar-refractivity contribution is 8.00. The van der Waals surface area contributed by atoms with Crippen LogP contribution in [0.2, 0.25) is 0 Å². The van der Waals surface area contributed by atoms with E-state index < -0.39 is 0 Å². The smallest absolute Gasteiger partial charge is 0.234 e. The summed E-state index contributed by atoms with van der Waals surface area (Å²) in [6, 6.07) is 0. The van der Waals surface area contributed by atoms with Gasteiger partial charge in [-0.15, -0.1) is 11.8 Å². The summed E-state index contributed by atoms with van der Waals surface area (Å²) in [5.41, 5.74) is 0.297. The van der Waals surface area contributed by atoms with Gasteiger partial charge in [0, 0.05) is 14.1 Å². The maximum Gasteiger partial charge on any atom is 0.234 e. The van der Waals surface area contributed by atoms with Gasteiger partial charge < -0.3 is 4.90 Å². The maximum atomic E-state index is 11.5. The average molecular weight is 203 g/mol. The summed E-state index contributed by atoms with van der Waals surface area (Å²) < 4.78 is 0. The molecule has 1 amide bonds. The molecule has 78 valence electrons. The van der Waals surface area contributed by atoms with E-state index in [0.717, 1.165) is 5.75 Å². The van der Waals surface area contributed by atoms with Gasteiger partial charge in [0.15, 0.2) is 0 Å². The first-order valence-corrected chi connectivity index (χ1v) is 5.61. The Bertz CT molecular complexity index is 172. The number of hydrogen-bond donors (Lipinski definition) is 0. The van der Waals surface area contributed by atoms with Gasteiger partial charge in [-0.05, 0) is 18.1 Å². The highest BCUT2D eigenvalue weighted by Gasteiger charge is 2.18. The van der Waals surface area contributed by atoms with Crippen molar-refractivity contribution < 1.29 is 4.79 Å². The van der Waals surface area contributed by atoms with Gasteiger partial charge in [-0.2, -0.15) is 0 Å². The lowest BCUT2D eigenvalue weighted by molar-refractivity contribution is -0.127. The topological polar surface area (TPSA) is 20.3 Å². The molecule has 0 rings (SSSR count). The first-order valence-electron chi connectivity index (χ1n) is 4.57. The second-order valence-corrected chi connectivity index (χ2v) is 6.08. The minimum Gasteiger partial charge on any atom is -0.348 e. The Morgan fingerprint density at radius 1 is 1.38 bits per heavy atom. The van der Waals surface area contributed by atoms with Crippen LogP contribution < -0.4 is 0 Å². The monoisotopic (exact) mass is 203 g/mol. The van der Waals surface area contributed by atoms with Crippen LogP contribution in [0.25, 0.3) is 0 Å². The fraction of sp³-hybridized carbons (Fsp3) is 0.900. The van der Waals surface area contributed by atoms with Gasteiger partial charge in [0.05, 0.1) is 5.25 Å². The van der Waals surface area contributed by atoms with E-state index in [0.29, 0.717) is 5.41 Å². The average Bonchev–Trinajstić information content (AvgIpc) is 1.97. The summed E-state index contributed by atoms with van der Waals surface area (Å²) in [5.74, 6) is 1.22. The molecule has 0 saturated heterocycles. The van der Waals surface area contributed by atoms with E-state index in [1.165, 1.54) is 0 Å². The molecule has 0 spiro atoms. The molecule has 0 aromatic rings. The lowest BCUT2D eigenvalue weighted by atomic mass is 10.0. The van der Waals surface area contributed by atoms with Crippen molar-refractivity contribution in [2.45, 2.75) is 32.9 Å². The maximum absolute atomic E-state index is 11.5. The van der Waals surface area contributed by atoms with Crippen molar-refractivity contribution in [2.24, 2.45) is 5.41 Å². The van der Waals surface area contributed by atoms with Gasteiger partial charge >= 0.3 is 0 Å². The largest absolute Gasteiger partial charge is 0.348 e. The molecule has 0 unspecified atom stereocenters. The Kier molecular flexibility index (Phi) is 4.82. The van der Waals surface area contributed by atoms with Gasteiger partial charge in [-0.1, -0.05) is 20.8 Å². The van der Waals surface area contributed by atoms with E-state index in [9.17, 15) is 4.79 Å². The van der Waals surface area contributed by atoms with Crippen LogP contribution in [0.4, 0.5) is 0 Å². The third-order valence-electron chi connectivity index (χ3n) is 1.55. The zero-order valence-electron chi connectivity index (χ0n) is 9.55.